The lowest BCUT2D eigenvalue weighted by molar-refractivity contribution is 0.0760. The predicted molar refractivity (Wildman–Crippen MR) is 80.3 cm³/mol. The highest BCUT2D eigenvalue weighted by molar-refractivity contribution is 5.82. The first kappa shape index (κ1) is 14.1. The van der Waals surface area contributed by atoms with Crippen LogP contribution in [0.15, 0.2) is 30.5 Å². The van der Waals surface area contributed by atoms with Crippen LogP contribution in [0, 0.1) is 0 Å². The molecule has 2 N–H and O–H groups in total. The summed E-state index contributed by atoms with van der Waals surface area (Å²) in [5.74, 6) is 0. The Morgan fingerprint density at radius 1 is 1.21 bits per heavy atom. The van der Waals surface area contributed by atoms with Crippen LogP contribution < -0.4 is 5.32 Å². The van der Waals surface area contributed by atoms with E-state index in [2.05, 4.69) is 48.4 Å². The van der Waals surface area contributed by atoms with Crippen LogP contribution in [0.25, 0.3) is 10.9 Å². The fraction of sp³-hybridized carbons (Fsp3) is 0.500. The average molecular weight is 260 g/mol. The molecule has 0 aliphatic heterocycles. The Labute approximate surface area is 115 Å². The van der Waals surface area contributed by atoms with Crippen LogP contribution in [0.3, 0.4) is 0 Å². The van der Waals surface area contributed by atoms with E-state index in [0.29, 0.717) is 6.10 Å². The summed E-state index contributed by atoms with van der Waals surface area (Å²) >= 11 is 0. The lowest BCUT2D eigenvalue weighted by atomic mass is 10.1. The number of unbranched alkanes of at least 4 members (excludes halogenated alkanes) is 1. The van der Waals surface area contributed by atoms with E-state index < -0.39 is 0 Å². The molecule has 0 bridgehead atoms. The van der Waals surface area contributed by atoms with Crippen molar-refractivity contribution in [3.63, 3.8) is 0 Å². The van der Waals surface area contributed by atoms with Crippen molar-refractivity contribution in [3.8, 4) is 0 Å². The van der Waals surface area contributed by atoms with Crippen molar-refractivity contribution in [2.75, 3.05) is 13.2 Å². The maximum absolute atomic E-state index is 5.52. The minimum atomic E-state index is 0.346. The van der Waals surface area contributed by atoms with Gasteiger partial charge in [-0.2, -0.15) is 0 Å². The predicted octanol–water partition coefficient (Wildman–Crippen LogP) is 3.46. The number of H-pyrrole nitrogens is 1. The third-order valence-electron chi connectivity index (χ3n) is 3.20. The van der Waals surface area contributed by atoms with Gasteiger partial charge in [-0.15, -0.1) is 0 Å². The largest absolute Gasteiger partial charge is 0.379 e. The highest BCUT2D eigenvalue weighted by Gasteiger charge is 2.00. The molecule has 1 heterocycles. The van der Waals surface area contributed by atoms with E-state index in [4.69, 9.17) is 4.74 Å². The molecule has 3 nitrogen and oxygen atoms in total. The van der Waals surface area contributed by atoms with Gasteiger partial charge < -0.3 is 15.0 Å². The summed E-state index contributed by atoms with van der Waals surface area (Å²) in [7, 11) is 0. The van der Waals surface area contributed by atoms with E-state index in [9.17, 15) is 0 Å². The highest BCUT2D eigenvalue weighted by Crippen LogP contribution is 2.16. The topological polar surface area (TPSA) is 37.0 Å². The van der Waals surface area contributed by atoms with Gasteiger partial charge in [-0.25, -0.2) is 0 Å². The fourth-order valence-electron chi connectivity index (χ4n) is 2.20. The minimum absolute atomic E-state index is 0.346. The molecule has 2 aromatic rings. The summed E-state index contributed by atoms with van der Waals surface area (Å²) in [5.41, 5.74) is 2.57. The van der Waals surface area contributed by atoms with Gasteiger partial charge in [0, 0.05) is 30.3 Å². The molecule has 1 aromatic heterocycles. The molecule has 0 radical (unpaired) electrons. The Hall–Kier alpha value is -1.32. The summed E-state index contributed by atoms with van der Waals surface area (Å²) in [6.45, 7) is 7.00. The van der Waals surface area contributed by atoms with Crippen LogP contribution in [-0.2, 0) is 11.3 Å². The molecule has 0 unspecified atom stereocenters. The highest BCUT2D eigenvalue weighted by atomic mass is 16.5. The molecule has 0 aliphatic carbocycles. The van der Waals surface area contributed by atoms with Crippen molar-refractivity contribution >= 4 is 10.9 Å². The van der Waals surface area contributed by atoms with E-state index in [-0.39, 0.29) is 0 Å². The molecule has 0 saturated carbocycles. The normalized spacial score (nSPS) is 11.5. The van der Waals surface area contributed by atoms with E-state index in [1.165, 1.54) is 16.5 Å². The summed E-state index contributed by atoms with van der Waals surface area (Å²) in [6.07, 6.45) is 4.63. The zero-order valence-electron chi connectivity index (χ0n) is 11.9. The first-order chi connectivity index (χ1) is 9.27. The van der Waals surface area contributed by atoms with Gasteiger partial charge in [-0.05, 0) is 50.9 Å². The number of nitrogens with one attached hydrogen (secondary N) is 2. The Morgan fingerprint density at radius 2 is 2.11 bits per heavy atom. The second-order valence-corrected chi connectivity index (χ2v) is 5.16. The van der Waals surface area contributed by atoms with Crippen molar-refractivity contribution in [3.05, 3.63) is 36.0 Å². The van der Waals surface area contributed by atoms with Crippen molar-refractivity contribution in [2.24, 2.45) is 0 Å². The van der Waals surface area contributed by atoms with Gasteiger partial charge in [-0.1, -0.05) is 12.1 Å². The van der Waals surface area contributed by atoms with Crippen molar-refractivity contribution in [1.29, 1.82) is 0 Å². The molecule has 0 atom stereocenters. The summed E-state index contributed by atoms with van der Waals surface area (Å²) in [6, 6.07) is 8.54. The number of rotatable bonds is 8. The molecule has 0 fully saturated rings. The number of aromatic nitrogens is 1. The van der Waals surface area contributed by atoms with Crippen LogP contribution in [-0.4, -0.2) is 24.2 Å². The van der Waals surface area contributed by atoms with E-state index in [0.717, 1.165) is 32.5 Å². The molecular weight excluding hydrogens is 236 g/mol. The lowest BCUT2D eigenvalue weighted by Gasteiger charge is -2.08. The number of hydrogen-bond donors (Lipinski definition) is 2. The van der Waals surface area contributed by atoms with Gasteiger partial charge in [0.2, 0.25) is 0 Å². The molecule has 0 saturated heterocycles. The monoisotopic (exact) mass is 260 g/mol. The number of fused-ring (bicyclic) bond motifs is 1. The molecule has 19 heavy (non-hydrogen) atoms. The number of benzene rings is 1. The average Bonchev–Trinajstić information content (AvgIpc) is 2.86. The molecule has 2 rings (SSSR count). The van der Waals surface area contributed by atoms with Crippen LogP contribution in [0.1, 0.15) is 32.3 Å². The molecule has 1 aromatic carbocycles. The molecule has 3 heteroatoms. The summed E-state index contributed by atoms with van der Waals surface area (Å²) in [5, 5.41) is 4.82. The van der Waals surface area contributed by atoms with Crippen LogP contribution >= 0.6 is 0 Å². The van der Waals surface area contributed by atoms with Crippen LogP contribution in [0.4, 0.5) is 0 Å². The second kappa shape index (κ2) is 7.31. The van der Waals surface area contributed by atoms with Gasteiger partial charge in [0.25, 0.3) is 0 Å². The van der Waals surface area contributed by atoms with Crippen molar-refractivity contribution in [2.45, 2.75) is 39.3 Å². The number of hydrogen-bond acceptors (Lipinski definition) is 2. The maximum Gasteiger partial charge on any atom is 0.0518 e. The fourth-order valence-corrected chi connectivity index (χ4v) is 2.20. The standard InChI is InChI=1S/C16H24N2O/c1-13(2)19-11-4-3-9-17-12-14-6-5-7-16-15(14)8-10-18-16/h5-8,10,13,17-18H,3-4,9,11-12H2,1-2H3. The maximum atomic E-state index is 5.52. The minimum Gasteiger partial charge on any atom is -0.379 e. The third kappa shape index (κ3) is 4.37. The van der Waals surface area contributed by atoms with E-state index in [1.54, 1.807) is 0 Å². The van der Waals surface area contributed by atoms with E-state index in [1.807, 2.05) is 6.20 Å². The molecule has 104 valence electrons. The Morgan fingerprint density at radius 3 is 2.95 bits per heavy atom. The zero-order valence-corrected chi connectivity index (χ0v) is 11.9. The second-order valence-electron chi connectivity index (χ2n) is 5.16. The smallest absolute Gasteiger partial charge is 0.0518 e. The summed E-state index contributed by atoms with van der Waals surface area (Å²) in [4.78, 5) is 3.24. The Balaban J connectivity index is 1.67. The molecule has 0 amide bonds. The van der Waals surface area contributed by atoms with Gasteiger partial charge >= 0.3 is 0 Å². The van der Waals surface area contributed by atoms with Crippen LogP contribution in [0.2, 0.25) is 0 Å². The zero-order chi connectivity index (χ0) is 13.5. The lowest BCUT2D eigenvalue weighted by Crippen LogP contribution is -2.15. The Bertz CT molecular complexity index is 490. The van der Waals surface area contributed by atoms with Gasteiger partial charge in [0.05, 0.1) is 6.10 Å². The SMILES string of the molecule is CC(C)OCCCCNCc1cccc2[nH]ccc12. The number of aromatic amines is 1. The Kier molecular flexibility index (Phi) is 5.43. The van der Waals surface area contributed by atoms with Gasteiger partial charge in [0.1, 0.15) is 0 Å². The first-order valence-corrected chi connectivity index (χ1v) is 7.14. The van der Waals surface area contributed by atoms with Gasteiger partial charge in [-0.3, -0.25) is 0 Å². The third-order valence-corrected chi connectivity index (χ3v) is 3.20. The first-order valence-electron chi connectivity index (χ1n) is 7.14. The van der Waals surface area contributed by atoms with Crippen molar-refractivity contribution < 1.29 is 4.74 Å². The van der Waals surface area contributed by atoms with E-state index >= 15 is 0 Å². The molecule has 0 aliphatic rings. The van der Waals surface area contributed by atoms with Crippen LogP contribution in [0.5, 0.6) is 0 Å². The van der Waals surface area contributed by atoms with Crippen molar-refractivity contribution in [1.82, 2.24) is 10.3 Å². The summed E-state index contributed by atoms with van der Waals surface area (Å²) < 4.78 is 5.52. The van der Waals surface area contributed by atoms with Gasteiger partial charge in [0.15, 0.2) is 0 Å². The number of ether oxygens (including phenoxy) is 1. The molecule has 0 spiro atoms. The quantitative estimate of drug-likeness (QED) is 0.713. The molecular formula is C16H24N2O.